The summed E-state index contributed by atoms with van der Waals surface area (Å²) in [6.45, 7) is -8.95. The molecule has 9 atom stereocenters. The van der Waals surface area contributed by atoms with Crippen LogP contribution >= 0.6 is 24.3 Å². The molecule has 47 heavy (non-hydrogen) atoms. The zero-order chi connectivity index (χ0) is 33.7. The van der Waals surface area contributed by atoms with Crippen LogP contribution in [-0.4, -0.2) is 99.9 Å². The molecule has 0 spiro atoms. The maximum absolute atomic E-state index is 15.1. The van der Waals surface area contributed by atoms with E-state index in [0.29, 0.717) is 10.8 Å². The molecule has 0 saturated carbocycles. The Hall–Kier alpha value is -3.01. The summed E-state index contributed by atoms with van der Waals surface area (Å²) in [6, 6.07) is 0. The van der Waals surface area contributed by atoms with Gasteiger partial charge in [-0.1, -0.05) is 5.69 Å². The topological polar surface area (TPSA) is 272 Å². The Labute approximate surface area is 271 Å². The molecule has 6 heterocycles. The van der Waals surface area contributed by atoms with Crippen LogP contribution in [0.4, 0.5) is 16.2 Å². The highest BCUT2D eigenvalue weighted by molar-refractivity contribution is 8.48. The number of imidazole rings is 2. The predicted octanol–water partition coefficient (Wildman–Crippen LogP) is 0.720. The van der Waals surface area contributed by atoms with Gasteiger partial charge in [0.15, 0.2) is 35.1 Å². The molecule has 7 N–H and O–H groups in total. The zero-order valence-corrected chi connectivity index (χ0v) is 27.4. The summed E-state index contributed by atoms with van der Waals surface area (Å²) >= 11 is 5.22. The van der Waals surface area contributed by atoms with E-state index in [-0.39, 0.29) is 40.5 Å². The van der Waals surface area contributed by atoms with Gasteiger partial charge in [0.2, 0.25) is 5.95 Å². The number of alkyl halides is 1. The number of nitrogen functional groups attached to an aromatic ring is 2. The molecule has 2 saturated heterocycles. The number of rotatable bonds is 11. The first-order valence-electron chi connectivity index (χ1n) is 13.5. The van der Waals surface area contributed by atoms with Gasteiger partial charge in [-0.15, -0.1) is 0 Å². The van der Waals surface area contributed by atoms with Crippen LogP contribution in [0.15, 0.2) is 23.8 Å². The number of aliphatic hydroxyl groups is 1. The van der Waals surface area contributed by atoms with Crippen LogP contribution in [0.1, 0.15) is 18.9 Å². The third-order valence-electron chi connectivity index (χ3n) is 7.25. The SMILES string of the molecule is C#S[P@@](=O)(OC)OCC1O[C@@H](n2cnc3c(N)ncnc32)[C@H](O)[C@@H]1OP(O)(=S)OCC1C[C@@H](F)[C@H](n2cnc3c(=O)[nH]c(N)nc32)O1. The highest BCUT2D eigenvalue weighted by Crippen LogP contribution is 2.55. The molecule has 20 nitrogen and oxygen atoms in total. The van der Waals surface area contributed by atoms with Crippen LogP contribution in [0.2, 0.25) is 0 Å². The molecule has 0 bridgehead atoms. The summed E-state index contributed by atoms with van der Waals surface area (Å²) in [5.74, 6) is -0.110. The van der Waals surface area contributed by atoms with Crippen LogP contribution in [0.3, 0.4) is 0 Å². The van der Waals surface area contributed by atoms with Gasteiger partial charge in [-0.05, 0) is 22.6 Å². The van der Waals surface area contributed by atoms with E-state index in [0.717, 1.165) is 7.11 Å². The summed E-state index contributed by atoms with van der Waals surface area (Å²) in [5.41, 5.74) is 16.7. The number of hydrogen-bond donors (Lipinski definition) is 5. The van der Waals surface area contributed by atoms with Gasteiger partial charge in [0.25, 0.3) is 5.56 Å². The first-order valence-corrected chi connectivity index (χ1v) is 19.1. The number of anilines is 2. The van der Waals surface area contributed by atoms with E-state index in [2.05, 4.69) is 29.9 Å². The number of hydrogen-bond acceptors (Lipinski definition) is 17. The van der Waals surface area contributed by atoms with Crippen LogP contribution < -0.4 is 17.0 Å². The molecule has 0 aromatic carbocycles. The fourth-order valence-corrected chi connectivity index (χ4v) is 7.77. The fourth-order valence-electron chi connectivity index (χ4n) is 5.10. The van der Waals surface area contributed by atoms with Gasteiger partial charge in [-0.3, -0.25) is 28.0 Å². The number of nitrogens with two attached hydrogens (primary N) is 2. The average molecular weight is 737 g/mol. The summed E-state index contributed by atoms with van der Waals surface area (Å²) in [4.78, 5) is 45.6. The van der Waals surface area contributed by atoms with E-state index >= 15 is 4.39 Å². The van der Waals surface area contributed by atoms with Crippen LogP contribution in [0.5, 0.6) is 0 Å². The smallest absolute Gasteiger partial charge is 0.386 e. The number of H-pyrrole nitrogens is 1. The fraction of sp³-hybridized carbons (Fsp3) is 0.500. The number of nitrogens with zero attached hydrogens (tertiary/aromatic N) is 7. The van der Waals surface area contributed by atoms with Crippen molar-refractivity contribution in [3.63, 3.8) is 0 Å². The Kier molecular flexibility index (Phi) is 9.46. The van der Waals surface area contributed by atoms with Crippen LogP contribution in [0, 0.1) is 5.69 Å². The minimum atomic E-state index is -4.22. The normalized spacial score (nSPS) is 28.9. The largest absolute Gasteiger partial charge is 0.417 e. The summed E-state index contributed by atoms with van der Waals surface area (Å²) in [7, 11) is 1.47. The van der Waals surface area contributed by atoms with Crippen molar-refractivity contribution >= 4 is 70.2 Å². The third kappa shape index (κ3) is 6.68. The predicted molar refractivity (Wildman–Crippen MR) is 166 cm³/mol. The van der Waals surface area contributed by atoms with Crippen molar-refractivity contribution in [1.82, 2.24) is 39.0 Å². The Morgan fingerprint density at radius 1 is 1.15 bits per heavy atom. The lowest BCUT2D eigenvalue weighted by atomic mass is 10.1. The second kappa shape index (κ2) is 13.1. The van der Waals surface area contributed by atoms with E-state index in [1.165, 1.54) is 28.1 Å². The molecule has 25 heteroatoms. The third-order valence-corrected chi connectivity index (χ3v) is 11.5. The molecule has 2 fully saturated rings. The maximum Gasteiger partial charge on any atom is 0.417 e. The molecule has 0 radical (unpaired) electrons. The number of aromatic nitrogens is 8. The molecular weight excluding hydrogens is 709 g/mol. The minimum absolute atomic E-state index is 0.0139. The highest BCUT2D eigenvalue weighted by atomic mass is 32.7. The number of aliphatic hydroxyl groups excluding tert-OH is 1. The van der Waals surface area contributed by atoms with Gasteiger partial charge >= 0.3 is 13.5 Å². The second-order valence-electron chi connectivity index (χ2n) is 10.2. The van der Waals surface area contributed by atoms with Gasteiger partial charge in [-0.25, -0.2) is 28.9 Å². The maximum atomic E-state index is 15.1. The van der Waals surface area contributed by atoms with E-state index in [4.69, 9.17) is 56.5 Å². The number of ether oxygens (including phenoxy) is 2. The quantitative estimate of drug-likeness (QED) is 0.133. The minimum Gasteiger partial charge on any atom is -0.386 e. The molecule has 4 aromatic heterocycles. The number of nitrogens with one attached hydrogen (secondary N) is 1. The summed E-state index contributed by atoms with van der Waals surface area (Å²) in [6.07, 6.45) is -5.70. The lowest BCUT2D eigenvalue weighted by molar-refractivity contribution is -0.0486. The van der Waals surface area contributed by atoms with Gasteiger partial charge in [0.05, 0.1) is 32.0 Å². The van der Waals surface area contributed by atoms with Crippen molar-refractivity contribution < 1.29 is 46.5 Å². The Balaban J connectivity index is 1.17. The molecule has 254 valence electrons. The standard InChI is InChI=1S/C22H27FN10O10P2S2/c1-38-45(37,47-2)40-5-11-15(14(34)21(42-11)32-7-28-12-16(24)26-6-27-17(12)32)43-44(36,46)39-4-9-3-10(23)20(41-9)33-8-29-13-18(33)30-22(25)31-19(13)35/h2,6-11,14-15,20-21,34H,3-5H2,1H3,(H,36,46)(H2,24,26,27)(H3,25,30,31,35)/t9?,10-,11?,14-,15-,20-,21-,44?,45+/m1/s1. The highest BCUT2D eigenvalue weighted by Gasteiger charge is 2.49. The van der Waals surface area contributed by atoms with Crippen molar-refractivity contribution in [2.75, 3.05) is 31.8 Å². The van der Waals surface area contributed by atoms with Crippen molar-refractivity contribution in [3.05, 3.63) is 29.3 Å². The lowest BCUT2D eigenvalue weighted by Crippen LogP contribution is -2.36. The van der Waals surface area contributed by atoms with E-state index in [1.54, 1.807) is 0 Å². The Morgan fingerprint density at radius 3 is 2.60 bits per heavy atom. The summed E-state index contributed by atoms with van der Waals surface area (Å²) < 4.78 is 63.5. The number of fused-ring (bicyclic) bond motifs is 2. The average Bonchev–Trinajstić information content (AvgIpc) is 3.81. The van der Waals surface area contributed by atoms with E-state index < -0.39 is 75.3 Å². The van der Waals surface area contributed by atoms with Crippen molar-refractivity contribution in [3.8, 4) is 5.69 Å². The zero-order valence-electron chi connectivity index (χ0n) is 24.0. The van der Waals surface area contributed by atoms with E-state index in [9.17, 15) is 19.4 Å². The molecule has 2 aliphatic rings. The van der Waals surface area contributed by atoms with Crippen LogP contribution in [-0.2, 0) is 43.9 Å². The van der Waals surface area contributed by atoms with Gasteiger partial charge in [0.1, 0.15) is 36.3 Å². The monoisotopic (exact) mass is 736 g/mol. The molecule has 3 unspecified atom stereocenters. The molecule has 4 aromatic rings. The van der Waals surface area contributed by atoms with Crippen molar-refractivity contribution in [1.29, 1.82) is 0 Å². The molecule has 2 aliphatic heterocycles. The van der Waals surface area contributed by atoms with Crippen LogP contribution in [0.25, 0.3) is 22.3 Å². The molecule has 0 aliphatic carbocycles. The van der Waals surface area contributed by atoms with E-state index in [1.807, 2.05) is 0 Å². The van der Waals surface area contributed by atoms with Crippen molar-refractivity contribution in [2.24, 2.45) is 0 Å². The number of aromatic amines is 1. The van der Waals surface area contributed by atoms with Gasteiger partial charge in [-0.2, -0.15) is 4.98 Å². The Bertz CT molecular complexity index is 2010. The first-order chi connectivity index (χ1) is 22.3. The molecule has 6 rings (SSSR count). The summed E-state index contributed by atoms with van der Waals surface area (Å²) in [5, 5.41) is 11.3. The second-order valence-corrected chi connectivity index (χ2v) is 16.7. The molecule has 0 amide bonds. The Morgan fingerprint density at radius 2 is 1.87 bits per heavy atom. The van der Waals surface area contributed by atoms with Gasteiger partial charge in [0, 0.05) is 13.5 Å². The van der Waals surface area contributed by atoms with Crippen molar-refractivity contribution in [2.45, 2.75) is 49.5 Å². The lowest BCUT2D eigenvalue weighted by Gasteiger charge is -2.26. The van der Waals surface area contributed by atoms with Gasteiger partial charge < -0.3 is 40.0 Å². The number of halogens is 1. The first kappa shape index (κ1) is 33.9. The molecular formula is C22H27FN10O10P2S2.